The van der Waals surface area contributed by atoms with Crippen molar-refractivity contribution in [1.29, 1.82) is 0 Å². The van der Waals surface area contributed by atoms with Crippen LogP contribution in [0.25, 0.3) is 5.95 Å². The largest absolute Gasteiger partial charge is 0.497 e. The highest BCUT2D eigenvalue weighted by atomic mass is 16.5. The maximum Gasteiger partial charge on any atom is 0.252 e. The van der Waals surface area contributed by atoms with E-state index in [0.29, 0.717) is 35.2 Å². The number of anilines is 1. The molecule has 3 aromatic rings. The van der Waals surface area contributed by atoms with E-state index in [-0.39, 0.29) is 17.9 Å². The molecule has 0 saturated carbocycles. The second-order valence-electron chi connectivity index (χ2n) is 6.89. The number of ether oxygens (including phenoxy) is 2. The molecule has 1 amide bonds. The summed E-state index contributed by atoms with van der Waals surface area (Å²) < 4.78 is 12.1. The van der Waals surface area contributed by atoms with Crippen LogP contribution in [0.1, 0.15) is 29.1 Å². The van der Waals surface area contributed by atoms with Gasteiger partial charge in [-0.15, -0.1) is 0 Å². The van der Waals surface area contributed by atoms with Gasteiger partial charge in [-0.1, -0.05) is 0 Å². The molecule has 2 aromatic heterocycles. The van der Waals surface area contributed by atoms with Crippen LogP contribution >= 0.6 is 0 Å². The molecule has 30 heavy (non-hydrogen) atoms. The van der Waals surface area contributed by atoms with Crippen LogP contribution in [0.3, 0.4) is 0 Å². The first kappa shape index (κ1) is 21.1. The number of H-pyrrole nitrogens is 1. The Morgan fingerprint density at radius 1 is 1.17 bits per heavy atom. The number of hydrogen-bond donors (Lipinski definition) is 2. The van der Waals surface area contributed by atoms with Crippen molar-refractivity contribution < 1.29 is 14.3 Å². The quantitative estimate of drug-likeness (QED) is 0.618. The van der Waals surface area contributed by atoms with Crippen molar-refractivity contribution >= 4 is 11.6 Å². The predicted molar refractivity (Wildman–Crippen MR) is 113 cm³/mol. The number of aromatic nitrogens is 4. The third kappa shape index (κ3) is 4.51. The highest BCUT2D eigenvalue weighted by molar-refractivity contribution is 5.92. The number of nitrogens with zero attached hydrogens (tertiary/aromatic N) is 3. The smallest absolute Gasteiger partial charge is 0.252 e. The molecule has 0 aliphatic rings. The van der Waals surface area contributed by atoms with Crippen LogP contribution in [0.2, 0.25) is 0 Å². The zero-order valence-electron chi connectivity index (χ0n) is 17.7. The van der Waals surface area contributed by atoms with Crippen molar-refractivity contribution in [3.05, 3.63) is 57.3 Å². The average molecular weight is 411 g/mol. The van der Waals surface area contributed by atoms with Gasteiger partial charge >= 0.3 is 0 Å². The lowest BCUT2D eigenvalue weighted by Crippen LogP contribution is -2.15. The summed E-state index contributed by atoms with van der Waals surface area (Å²) in [5.41, 5.74) is 3.46. The second-order valence-corrected chi connectivity index (χ2v) is 6.89. The number of hydrogen-bond acceptors (Lipinski definition) is 6. The lowest BCUT2D eigenvalue weighted by atomic mass is 10.1. The van der Waals surface area contributed by atoms with Gasteiger partial charge in [-0.05, 0) is 44.9 Å². The molecule has 0 unspecified atom stereocenters. The highest BCUT2D eigenvalue weighted by Crippen LogP contribution is 2.29. The van der Waals surface area contributed by atoms with Crippen LogP contribution in [0.15, 0.2) is 29.1 Å². The van der Waals surface area contributed by atoms with Crippen molar-refractivity contribution in [1.82, 2.24) is 19.7 Å². The number of benzene rings is 1. The molecule has 0 saturated heterocycles. The van der Waals surface area contributed by atoms with E-state index in [1.807, 2.05) is 13.8 Å². The normalized spacial score (nSPS) is 10.7. The topological polar surface area (TPSA) is 111 Å². The highest BCUT2D eigenvalue weighted by Gasteiger charge is 2.16. The van der Waals surface area contributed by atoms with Crippen molar-refractivity contribution in [3.8, 4) is 17.4 Å². The second kappa shape index (κ2) is 8.81. The molecule has 0 aliphatic heterocycles. The molecule has 2 N–H and O–H groups in total. The minimum Gasteiger partial charge on any atom is -0.497 e. The molecular weight excluding hydrogens is 386 g/mol. The fraction of sp³-hybridized carbons (Fsp3) is 0.333. The standard InChI is InChI=1S/C21H25N5O4/c1-12-10-20(28)24-21(22-12)26-14(3)16(13(2)25-26)7-9-19(27)23-17-11-15(29-4)6-8-18(17)30-5/h6,8,10-11H,7,9H2,1-5H3,(H,23,27)(H,22,24,28). The molecule has 3 rings (SSSR count). The molecule has 0 radical (unpaired) electrons. The third-order valence-electron chi connectivity index (χ3n) is 4.78. The van der Waals surface area contributed by atoms with E-state index in [0.717, 1.165) is 17.0 Å². The summed E-state index contributed by atoms with van der Waals surface area (Å²) in [4.78, 5) is 31.4. The van der Waals surface area contributed by atoms with E-state index in [9.17, 15) is 9.59 Å². The minimum absolute atomic E-state index is 0.157. The van der Waals surface area contributed by atoms with E-state index in [4.69, 9.17) is 9.47 Å². The number of amides is 1. The van der Waals surface area contributed by atoms with E-state index < -0.39 is 0 Å². The third-order valence-corrected chi connectivity index (χ3v) is 4.78. The zero-order valence-corrected chi connectivity index (χ0v) is 17.7. The number of methoxy groups -OCH3 is 2. The Balaban J connectivity index is 1.76. The summed E-state index contributed by atoms with van der Waals surface area (Å²) in [5, 5.41) is 7.36. The van der Waals surface area contributed by atoms with Crippen molar-refractivity contribution in [3.63, 3.8) is 0 Å². The predicted octanol–water partition coefficient (Wildman–Crippen LogP) is 2.47. The van der Waals surface area contributed by atoms with Gasteiger partial charge in [0.2, 0.25) is 11.9 Å². The maximum atomic E-state index is 12.5. The summed E-state index contributed by atoms with van der Waals surface area (Å²) in [5.74, 6) is 1.38. The summed E-state index contributed by atoms with van der Waals surface area (Å²) >= 11 is 0. The van der Waals surface area contributed by atoms with Gasteiger partial charge in [-0.3, -0.25) is 14.6 Å². The Morgan fingerprint density at radius 3 is 2.60 bits per heavy atom. The van der Waals surface area contributed by atoms with Gasteiger partial charge in [0.25, 0.3) is 5.56 Å². The number of rotatable bonds is 7. The van der Waals surface area contributed by atoms with Crippen LogP contribution in [0.5, 0.6) is 11.5 Å². The fourth-order valence-corrected chi connectivity index (χ4v) is 3.27. The SMILES string of the molecule is COc1ccc(OC)c(NC(=O)CCc2c(C)nn(-c3nc(C)cc(=O)[nH]3)c2C)c1. The van der Waals surface area contributed by atoms with Gasteiger partial charge in [0, 0.05) is 29.9 Å². The summed E-state index contributed by atoms with van der Waals surface area (Å²) in [6.07, 6.45) is 0.747. The minimum atomic E-state index is -0.238. The van der Waals surface area contributed by atoms with Crippen LogP contribution in [-0.2, 0) is 11.2 Å². The van der Waals surface area contributed by atoms with Crippen molar-refractivity contribution in [2.45, 2.75) is 33.6 Å². The Bertz CT molecular complexity index is 1130. The number of aromatic amines is 1. The van der Waals surface area contributed by atoms with Gasteiger partial charge in [-0.2, -0.15) is 5.10 Å². The summed E-state index contributed by atoms with van der Waals surface area (Å²) in [7, 11) is 3.11. The number of nitrogens with one attached hydrogen (secondary N) is 2. The molecule has 0 aliphatic carbocycles. The molecule has 0 atom stereocenters. The van der Waals surface area contributed by atoms with E-state index >= 15 is 0 Å². The zero-order chi connectivity index (χ0) is 21.8. The van der Waals surface area contributed by atoms with Crippen molar-refractivity contribution in [2.75, 3.05) is 19.5 Å². The first-order valence-corrected chi connectivity index (χ1v) is 9.47. The fourth-order valence-electron chi connectivity index (χ4n) is 3.27. The Morgan fingerprint density at radius 2 is 1.93 bits per heavy atom. The van der Waals surface area contributed by atoms with E-state index in [1.165, 1.54) is 6.07 Å². The molecule has 9 nitrogen and oxygen atoms in total. The van der Waals surface area contributed by atoms with Crippen molar-refractivity contribution in [2.24, 2.45) is 0 Å². The first-order valence-electron chi connectivity index (χ1n) is 9.47. The van der Waals surface area contributed by atoms with Crippen LogP contribution in [0.4, 0.5) is 5.69 Å². The lowest BCUT2D eigenvalue weighted by molar-refractivity contribution is -0.116. The van der Waals surface area contributed by atoms with Gasteiger partial charge < -0.3 is 14.8 Å². The molecule has 1 aromatic carbocycles. The molecule has 2 heterocycles. The van der Waals surface area contributed by atoms with Gasteiger partial charge in [0.05, 0.1) is 25.6 Å². The Hall–Kier alpha value is -3.62. The van der Waals surface area contributed by atoms with Gasteiger partial charge in [0.1, 0.15) is 11.5 Å². The average Bonchev–Trinajstić information content (AvgIpc) is 2.99. The van der Waals surface area contributed by atoms with Gasteiger partial charge in [0.15, 0.2) is 0 Å². The molecule has 0 bridgehead atoms. The molecule has 0 spiro atoms. The molecule has 158 valence electrons. The first-order chi connectivity index (χ1) is 14.3. The monoisotopic (exact) mass is 411 g/mol. The molecular formula is C21H25N5O4. The van der Waals surface area contributed by atoms with E-state index in [1.54, 1.807) is 44.0 Å². The lowest BCUT2D eigenvalue weighted by Gasteiger charge is -2.12. The Labute approximate surface area is 174 Å². The van der Waals surface area contributed by atoms with Crippen LogP contribution < -0.4 is 20.3 Å². The number of carbonyl (C=O) groups is 1. The van der Waals surface area contributed by atoms with E-state index in [2.05, 4.69) is 20.4 Å². The van der Waals surface area contributed by atoms with Crippen LogP contribution in [0, 0.1) is 20.8 Å². The molecule has 0 fully saturated rings. The van der Waals surface area contributed by atoms with Crippen LogP contribution in [-0.4, -0.2) is 39.9 Å². The number of carbonyl (C=O) groups excluding carboxylic acids is 1. The summed E-state index contributed by atoms with van der Waals surface area (Å²) in [6, 6.07) is 6.64. The summed E-state index contributed by atoms with van der Waals surface area (Å²) in [6.45, 7) is 5.51. The number of aryl methyl sites for hydroxylation is 2. The molecule has 9 heteroatoms. The maximum absolute atomic E-state index is 12.5. The van der Waals surface area contributed by atoms with Gasteiger partial charge in [-0.25, -0.2) is 9.67 Å². The Kier molecular flexibility index (Phi) is 6.20.